The second-order valence-corrected chi connectivity index (χ2v) is 7.75. The van der Waals surface area contributed by atoms with Gasteiger partial charge >= 0.3 is 0 Å². The summed E-state index contributed by atoms with van der Waals surface area (Å²) in [5.74, 6) is 1.45. The van der Waals surface area contributed by atoms with Gasteiger partial charge in [-0.2, -0.15) is 0 Å². The number of sulfonamides is 1. The van der Waals surface area contributed by atoms with Crippen molar-refractivity contribution in [1.82, 2.24) is 5.32 Å². The average Bonchev–Trinajstić information content (AvgIpc) is 2.61. The van der Waals surface area contributed by atoms with Crippen LogP contribution in [-0.4, -0.2) is 35.2 Å². The maximum atomic E-state index is 11.3. The number of ether oxygens (including phenoxy) is 2. The van der Waals surface area contributed by atoms with Gasteiger partial charge in [0.2, 0.25) is 10.0 Å². The lowest BCUT2D eigenvalue weighted by Crippen LogP contribution is -2.30. The zero-order chi connectivity index (χ0) is 19.2. The first-order valence-corrected chi connectivity index (χ1v) is 9.94. The Morgan fingerprint density at radius 1 is 1.00 bits per heavy atom. The summed E-state index contributed by atoms with van der Waals surface area (Å²) in [4.78, 5) is 0.135. The van der Waals surface area contributed by atoms with Gasteiger partial charge in [-0.15, -0.1) is 0 Å². The van der Waals surface area contributed by atoms with Crippen LogP contribution in [0.15, 0.2) is 47.4 Å². The molecule has 0 aliphatic carbocycles. The maximum Gasteiger partial charge on any atom is 0.238 e. The molecule has 142 valence electrons. The molecular weight excluding hydrogens is 352 g/mol. The maximum absolute atomic E-state index is 11.3. The van der Waals surface area contributed by atoms with Crippen LogP contribution >= 0.6 is 0 Å². The van der Waals surface area contributed by atoms with Crippen LogP contribution in [0.4, 0.5) is 0 Å². The molecule has 3 N–H and O–H groups in total. The van der Waals surface area contributed by atoms with E-state index in [1.807, 2.05) is 18.2 Å². The molecule has 0 aliphatic rings. The van der Waals surface area contributed by atoms with E-state index in [2.05, 4.69) is 12.2 Å². The minimum atomic E-state index is -3.63. The fraction of sp³-hybridized carbons (Fsp3) is 0.368. The predicted molar refractivity (Wildman–Crippen MR) is 102 cm³/mol. The first-order chi connectivity index (χ1) is 12.3. The highest BCUT2D eigenvalue weighted by atomic mass is 32.2. The summed E-state index contributed by atoms with van der Waals surface area (Å²) >= 11 is 0. The summed E-state index contributed by atoms with van der Waals surface area (Å²) < 4.78 is 33.1. The van der Waals surface area contributed by atoms with Crippen LogP contribution in [-0.2, 0) is 22.9 Å². The summed E-state index contributed by atoms with van der Waals surface area (Å²) in [6, 6.07) is 12.9. The molecular formula is C19H26N2O4S. The smallest absolute Gasteiger partial charge is 0.238 e. The van der Waals surface area contributed by atoms with Crippen LogP contribution in [0.25, 0.3) is 0 Å². The summed E-state index contributed by atoms with van der Waals surface area (Å²) in [5.41, 5.74) is 2.23. The molecule has 6 nitrogen and oxygen atoms in total. The Morgan fingerprint density at radius 3 is 2.19 bits per heavy atom. The lowest BCUT2D eigenvalue weighted by atomic mass is 10.1. The van der Waals surface area contributed by atoms with Crippen LogP contribution < -0.4 is 19.9 Å². The van der Waals surface area contributed by atoms with Gasteiger partial charge in [-0.25, -0.2) is 13.6 Å². The van der Waals surface area contributed by atoms with Crippen molar-refractivity contribution in [3.8, 4) is 11.5 Å². The third-order valence-electron chi connectivity index (χ3n) is 4.15. The predicted octanol–water partition coefficient (Wildman–Crippen LogP) is 2.11. The van der Waals surface area contributed by atoms with Gasteiger partial charge in [0.1, 0.15) is 0 Å². The molecule has 1 unspecified atom stereocenters. The van der Waals surface area contributed by atoms with Crippen LogP contribution in [0.3, 0.4) is 0 Å². The largest absolute Gasteiger partial charge is 0.493 e. The Bertz CT molecular complexity index is 820. The van der Waals surface area contributed by atoms with E-state index in [4.69, 9.17) is 14.6 Å². The Morgan fingerprint density at radius 2 is 1.62 bits per heavy atom. The zero-order valence-corrected chi connectivity index (χ0v) is 16.2. The van der Waals surface area contributed by atoms with Crippen LogP contribution in [0.1, 0.15) is 18.1 Å². The summed E-state index contributed by atoms with van der Waals surface area (Å²) in [7, 11) is -0.382. The number of rotatable bonds is 9. The number of methoxy groups -OCH3 is 2. The number of primary sulfonamides is 1. The number of hydrogen-bond donors (Lipinski definition) is 2. The van der Waals surface area contributed by atoms with Crippen molar-refractivity contribution in [2.24, 2.45) is 5.14 Å². The highest BCUT2D eigenvalue weighted by Crippen LogP contribution is 2.27. The quantitative estimate of drug-likeness (QED) is 0.697. The van der Waals surface area contributed by atoms with E-state index in [-0.39, 0.29) is 10.9 Å². The molecule has 0 radical (unpaired) electrons. The minimum absolute atomic E-state index is 0.135. The van der Waals surface area contributed by atoms with Crippen molar-refractivity contribution in [3.05, 3.63) is 53.6 Å². The molecule has 26 heavy (non-hydrogen) atoms. The topological polar surface area (TPSA) is 90.6 Å². The second kappa shape index (κ2) is 9.02. The van der Waals surface area contributed by atoms with Crippen molar-refractivity contribution in [1.29, 1.82) is 0 Å². The van der Waals surface area contributed by atoms with Crippen molar-refractivity contribution >= 4 is 10.0 Å². The number of benzene rings is 2. The molecule has 0 heterocycles. The first-order valence-electron chi connectivity index (χ1n) is 8.39. The van der Waals surface area contributed by atoms with Crippen molar-refractivity contribution in [2.45, 2.75) is 30.7 Å². The normalized spacial score (nSPS) is 12.6. The van der Waals surface area contributed by atoms with Gasteiger partial charge < -0.3 is 14.8 Å². The highest BCUT2D eigenvalue weighted by Gasteiger charge is 2.09. The third-order valence-corrected chi connectivity index (χ3v) is 5.08. The molecule has 0 aliphatic heterocycles. The van der Waals surface area contributed by atoms with Gasteiger partial charge in [-0.3, -0.25) is 0 Å². The van der Waals surface area contributed by atoms with Gasteiger partial charge in [0, 0.05) is 6.04 Å². The van der Waals surface area contributed by atoms with E-state index in [1.54, 1.807) is 26.4 Å². The summed E-state index contributed by atoms with van der Waals surface area (Å²) in [5, 5.41) is 8.58. The second-order valence-electron chi connectivity index (χ2n) is 6.19. The molecule has 7 heteroatoms. The average molecular weight is 378 g/mol. The number of nitrogens with one attached hydrogen (secondary N) is 1. The van der Waals surface area contributed by atoms with Crippen molar-refractivity contribution in [3.63, 3.8) is 0 Å². The van der Waals surface area contributed by atoms with Crippen LogP contribution in [0.2, 0.25) is 0 Å². The number of nitrogens with two attached hydrogens (primary N) is 1. The van der Waals surface area contributed by atoms with Crippen LogP contribution in [0.5, 0.6) is 11.5 Å². The van der Waals surface area contributed by atoms with Gasteiger partial charge in [-0.1, -0.05) is 18.2 Å². The molecule has 2 aromatic rings. The highest BCUT2D eigenvalue weighted by molar-refractivity contribution is 7.89. The summed E-state index contributed by atoms with van der Waals surface area (Å²) in [6.45, 7) is 2.92. The molecule has 0 spiro atoms. The third kappa shape index (κ3) is 5.72. The van der Waals surface area contributed by atoms with E-state index >= 15 is 0 Å². The van der Waals surface area contributed by atoms with E-state index < -0.39 is 10.0 Å². The lowest BCUT2D eigenvalue weighted by molar-refractivity contribution is 0.354. The van der Waals surface area contributed by atoms with E-state index in [1.165, 1.54) is 17.7 Å². The first kappa shape index (κ1) is 20.2. The van der Waals surface area contributed by atoms with Crippen LogP contribution in [0, 0.1) is 0 Å². The van der Waals surface area contributed by atoms with E-state index in [0.29, 0.717) is 0 Å². The zero-order valence-electron chi connectivity index (χ0n) is 15.4. The molecule has 0 saturated carbocycles. The van der Waals surface area contributed by atoms with Gasteiger partial charge in [0.25, 0.3) is 0 Å². The van der Waals surface area contributed by atoms with Gasteiger partial charge in [0.05, 0.1) is 19.1 Å². The van der Waals surface area contributed by atoms with Gasteiger partial charge in [0.15, 0.2) is 11.5 Å². The lowest BCUT2D eigenvalue weighted by Gasteiger charge is -2.15. The minimum Gasteiger partial charge on any atom is -0.493 e. The molecule has 1 atom stereocenters. The van der Waals surface area contributed by atoms with E-state index in [9.17, 15) is 8.42 Å². The Kier molecular flexibility index (Phi) is 7.02. The Hall–Kier alpha value is -2.09. The molecule has 0 aromatic heterocycles. The Balaban J connectivity index is 1.84. The molecule has 0 amide bonds. The van der Waals surface area contributed by atoms with Crippen molar-refractivity contribution < 1.29 is 17.9 Å². The SMILES string of the molecule is COc1ccc(CC(C)NCCc2ccc(S(N)(=O)=O)cc2)cc1OC. The fourth-order valence-corrected chi connectivity index (χ4v) is 3.26. The van der Waals surface area contributed by atoms with Crippen molar-refractivity contribution in [2.75, 3.05) is 20.8 Å². The van der Waals surface area contributed by atoms with Gasteiger partial charge in [-0.05, 0) is 61.7 Å². The number of hydrogen-bond acceptors (Lipinski definition) is 5. The molecule has 2 rings (SSSR count). The summed E-state index contributed by atoms with van der Waals surface area (Å²) in [6.07, 6.45) is 1.67. The molecule has 0 fully saturated rings. The monoisotopic (exact) mass is 378 g/mol. The van der Waals surface area contributed by atoms with E-state index in [0.717, 1.165) is 36.4 Å². The molecule has 0 bridgehead atoms. The fourth-order valence-electron chi connectivity index (χ4n) is 2.74. The Labute approximate surface area is 155 Å². The standard InChI is InChI=1S/C19H26N2O4S/c1-14(12-16-6-9-18(24-2)19(13-16)25-3)21-11-10-15-4-7-17(8-5-15)26(20,22)23/h4-9,13-14,21H,10-12H2,1-3H3,(H2,20,22,23). The molecule has 2 aromatic carbocycles. The molecule has 0 saturated heterocycles.